The van der Waals surface area contributed by atoms with Gasteiger partial charge in [0.15, 0.2) is 0 Å². The Labute approximate surface area is 245 Å². The Morgan fingerprint density at radius 1 is 1.00 bits per heavy atom. The van der Waals surface area contributed by atoms with Crippen LogP contribution in [0.5, 0.6) is 0 Å². The number of unbranched alkanes of at least 4 members (excludes halogenated alkanes) is 2. The van der Waals surface area contributed by atoms with Gasteiger partial charge in [-0.2, -0.15) is 0 Å². The molecule has 1 atom stereocenters. The monoisotopic (exact) mass is 583 g/mol. The summed E-state index contributed by atoms with van der Waals surface area (Å²) in [5, 5.41) is 16.7. The zero-order chi connectivity index (χ0) is 30.7. The summed E-state index contributed by atoms with van der Waals surface area (Å²) in [5.41, 5.74) is 5.32. The Morgan fingerprint density at radius 3 is 2.44 bits per heavy atom. The highest BCUT2D eigenvalue weighted by atomic mass is 16.6. The molecule has 0 aliphatic rings. The fourth-order valence-corrected chi connectivity index (χ4v) is 3.89. The summed E-state index contributed by atoms with van der Waals surface area (Å²) in [6.07, 6.45) is 6.25. The number of likely N-dealkylation sites (N-methyl/N-ethyl adjacent to an activating group) is 1. The summed E-state index contributed by atoms with van der Waals surface area (Å²) in [7, 11) is 3.48. The largest absolute Gasteiger partial charge is 0.378 e. The molecule has 0 spiro atoms. The van der Waals surface area contributed by atoms with Crippen molar-refractivity contribution in [2.75, 3.05) is 40.5 Å². The van der Waals surface area contributed by atoms with E-state index in [1.165, 1.54) is 0 Å². The number of rotatable bonds is 24. The number of ether oxygens (including phenoxy) is 3. The van der Waals surface area contributed by atoms with E-state index < -0.39 is 23.2 Å². The van der Waals surface area contributed by atoms with Crippen LogP contribution in [0.15, 0.2) is 6.20 Å². The molecule has 0 radical (unpaired) electrons. The van der Waals surface area contributed by atoms with Gasteiger partial charge in [0.1, 0.15) is 11.7 Å². The number of aromatic nitrogens is 3. The minimum atomic E-state index is -0.747. The number of carbonyl (C=O) groups excluding carboxylic acids is 3. The summed E-state index contributed by atoms with van der Waals surface area (Å²) in [4.78, 5) is 36.5. The van der Waals surface area contributed by atoms with Gasteiger partial charge in [-0.1, -0.05) is 5.21 Å². The number of nitrogens with two attached hydrogens (primary N) is 1. The highest BCUT2D eigenvalue weighted by Crippen LogP contribution is 2.21. The van der Waals surface area contributed by atoms with Crippen LogP contribution in [-0.2, 0) is 41.7 Å². The van der Waals surface area contributed by atoms with Gasteiger partial charge in [0.25, 0.3) is 0 Å². The maximum atomic E-state index is 12.5. The highest BCUT2D eigenvalue weighted by molar-refractivity contribution is 5.86. The number of aryl methyl sites for hydroxylation is 1. The quantitative estimate of drug-likeness (QED) is 0.131. The second kappa shape index (κ2) is 19.5. The van der Waals surface area contributed by atoms with Gasteiger partial charge >= 0.3 is 0 Å². The predicted molar refractivity (Wildman–Crippen MR) is 156 cm³/mol. The Kier molecular flexibility index (Phi) is 17.3. The molecule has 1 aromatic heterocycles. The van der Waals surface area contributed by atoms with Gasteiger partial charge in [-0.3, -0.25) is 19.1 Å². The van der Waals surface area contributed by atoms with Crippen LogP contribution in [-0.4, -0.2) is 90.4 Å². The van der Waals surface area contributed by atoms with Gasteiger partial charge in [0.2, 0.25) is 17.7 Å². The highest BCUT2D eigenvalue weighted by Gasteiger charge is 2.27. The molecule has 1 heterocycles. The van der Waals surface area contributed by atoms with Crippen LogP contribution in [0, 0.1) is 0 Å². The van der Waals surface area contributed by atoms with Gasteiger partial charge in [-0.15, -0.1) is 5.10 Å². The molecule has 0 aromatic carbocycles. The number of carbonyl (C=O) groups is 3. The van der Waals surface area contributed by atoms with Crippen molar-refractivity contribution in [1.82, 2.24) is 30.9 Å². The zero-order valence-electron chi connectivity index (χ0n) is 25.9. The molecule has 0 aliphatic heterocycles. The van der Waals surface area contributed by atoms with Gasteiger partial charge in [-0.05, 0) is 73.3 Å². The number of methoxy groups -OCH3 is 1. The van der Waals surface area contributed by atoms with E-state index in [0.717, 1.165) is 25.1 Å². The van der Waals surface area contributed by atoms with Gasteiger partial charge in [0.05, 0.1) is 37.2 Å². The fourth-order valence-electron chi connectivity index (χ4n) is 3.89. The Hall–Kier alpha value is -2.61. The van der Waals surface area contributed by atoms with E-state index in [1.807, 2.05) is 40.9 Å². The minimum Gasteiger partial charge on any atom is -0.378 e. The SMILES string of the molecule is CNCCOC(C)(C)COC(C)(C)CCC(=O)N[C@@H](CCCCNC(=O)CCCCn1cc(COC)nn1)C(N)=O. The second-order valence-corrected chi connectivity index (χ2v) is 11.5. The van der Waals surface area contributed by atoms with Crippen molar-refractivity contribution in [3.8, 4) is 0 Å². The molecule has 41 heavy (non-hydrogen) atoms. The van der Waals surface area contributed by atoms with E-state index >= 15 is 0 Å². The first-order valence-corrected chi connectivity index (χ1v) is 14.5. The molecule has 0 aliphatic carbocycles. The molecule has 236 valence electrons. The third-order valence-corrected chi connectivity index (χ3v) is 6.45. The predicted octanol–water partition coefficient (Wildman–Crippen LogP) is 1.44. The molecule has 0 bridgehead atoms. The van der Waals surface area contributed by atoms with Crippen molar-refractivity contribution in [1.29, 1.82) is 0 Å². The van der Waals surface area contributed by atoms with Crippen molar-refractivity contribution >= 4 is 17.7 Å². The van der Waals surface area contributed by atoms with Crippen LogP contribution >= 0.6 is 0 Å². The summed E-state index contributed by atoms with van der Waals surface area (Å²) in [6.45, 7) is 11.2. The Balaban J connectivity index is 2.22. The summed E-state index contributed by atoms with van der Waals surface area (Å²) in [5.74, 6) is -0.828. The standard InChI is InChI=1S/C28H53N7O6/c1-27(2,41-21-28(3,4)40-18-16-30-5)14-13-25(37)32-23(26(29)38)11-7-9-15-31-24(36)12-8-10-17-35-19-22(20-39-6)33-34-35/h19,23,30H,7-18,20-21H2,1-6H3,(H2,29,38)(H,31,36)(H,32,37)/t23-/m0/s1. The smallest absolute Gasteiger partial charge is 0.239 e. The number of primary amides is 1. The molecule has 13 heteroatoms. The third kappa shape index (κ3) is 17.7. The summed E-state index contributed by atoms with van der Waals surface area (Å²) < 4.78 is 18.6. The topological polar surface area (TPSA) is 172 Å². The number of hydrogen-bond acceptors (Lipinski definition) is 9. The van der Waals surface area contributed by atoms with Crippen molar-refractivity contribution in [3.05, 3.63) is 11.9 Å². The van der Waals surface area contributed by atoms with Crippen LogP contribution in [0.1, 0.15) is 84.8 Å². The Morgan fingerprint density at radius 2 is 1.76 bits per heavy atom. The maximum absolute atomic E-state index is 12.5. The summed E-state index contributed by atoms with van der Waals surface area (Å²) in [6, 6.07) is -0.747. The number of amides is 3. The van der Waals surface area contributed by atoms with Gasteiger partial charge in [0, 0.05) is 39.6 Å². The molecule has 3 amide bonds. The van der Waals surface area contributed by atoms with Crippen LogP contribution in [0.2, 0.25) is 0 Å². The first-order chi connectivity index (χ1) is 19.4. The summed E-state index contributed by atoms with van der Waals surface area (Å²) >= 11 is 0. The van der Waals surface area contributed by atoms with E-state index in [-0.39, 0.29) is 18.2 Å². The number of nitrogens with one attached hydrogen (secondary N) is 3. The minimum absolute atomic E-state index is 0.0128. The second-order valence-electron chi connectivity index (χ2n) is 11.5. The van der Waals surface area contributed by atoms with Crippen LogP contribution in [0.3, 0.4) is 0 Å². The molecule has 13 nitrogen and oxygen atoms in total. The first kappa shape index (κ1) is 36.4. The van der Waals surface area contributed by atoms with Crippen molar-refractivity contribution < 1.29 is 28.6 Å². The lowest BCUT2D eigenvalue weighted by Gasteiger charge is -2.32. The normalized spacial score (nSPS) is 12.7. The van der Waals surface area contributed by atoms with Gasteiger partial charge in [-0.25, -0.2) is 0 Å². The lowest BCUT2D eigenvalue weighted by molar-refractivity contribution is -0.132. The molecule has 0 saturated carbocycles. The lowest BCUT2D eigenvalue weighted by atomic mass is 10.0. The molecule has 1 rings (SSSR count). The number of hydrogen-bond donors (Lipinski definition) is 4. The van der Waals surface area contributed by atoms with E-state index in [2.05, 4.69) is 26.3 Å². The molecule has 0 unspecified atom stereocenters. The average molecular weight is 584 g/mol. The van der Waals surface area contributed by atoms with Crippen LogP contribution < -0.4 is 21.7 Å². The third-order valence-electron chi connectivity index (χ3n) is 6.45. The molecular formula is C28H53N7O6. The molecule has 0 fully saturated rings. The maximum Gasteiger partial charge on any atom is 0.239 e. The van der Waals surface area contributed by atoms with Crippen LogP contribution in [0.4, 0.5) is 0 Å². The van der Waals surface area contributed by atoms with E-state index in [9.17, 15) is 14.4 Å². The number of nitrogens with zero attached hydrogens (tertiary/aromatic N) is 3. The zero-order valence-corrected chi connectivity index (χ0v) is 25.9. The fraction of sp³-hybridized carbons (Fsp3) is 0.821. The van der Waals surface area contributed by atoms with Gasteiger partial charge < -0.3 is 35.9 Å². The van der Waals surface area contributed by atoms with Crippen molar-refractivity contribution in [3.63, 3.8) is 0 Å². The van der Waals surface area contributed by atoms with E-state index in [0.29, 0.717) is 65.0 Å². The molecule has 0 saturated heterocycles. The molecular weight excluding hydrogens is 530 g/mol. The average Bonchev–Trinajstić information content (AvgIpc) is 3.35. The first-order valence-electron chi connectivity index (χ1n) is 14.5. The van der Waals surface area contributed by atoms with Crippen molar-refractivity contribution in [2.45, 2.75) is 109 Å². The van der Waals surface area contributed by atoms with E-state index in [1.54, 1.807) is 11.8 Å². The Bertz CT molecular complexity index is 906. The molecule has 5 N–H and O–H groups in total. The van der Waals surface area contributed by atoms with Crippen molar-refractivity contribution in [2.24, 2.45) is 5.73 Å². The van der Waals surface area contributed by atoms with Crippen LogP contribution in [0.25, 0.3) is 0 Å². The lowest BCUT2D eigenvalue weighted by Crippen LogP contribution is -2.45. The molecule has 1 aromatic rings. The van der Waals surface area contributed by atoms with E-state index in [4.69, 9.17) is 19.9 Å².